The van der Waals surface area contributed by atoms with Crippen molar-refractivity contribution in [1.82, 2.24) is 4.90 Å². The SMILES string of the molecule is CC/C(=C(\C1=CC=CCC1)c1ccc(OCCN(C)C=N)cc1)c1ccccc1. The summed E-state index contributed by atoms with van der Waals surface area (Å²) in [4.78, 5) is 1.80. The van der Waals surface area contributed by atoms with Gasteiger partial charge in [-0.1, -0.05) is 67.6 Å². The minimum Gasteiger partial charge on any atom is -0.492 e. The number of nitrogens with one attached hydrogen (secondary N) is 1. The summed E-state index contributed by atoms with van der Waals surface area (Å²) in [5.74, 6) is 0.863. The quantitative estimate of drug-likeness (QED) is 0.316. The normalized spacial score (nSPS) is 14.1. The highest BCUT2D eigenvalue weighted by molar-refractivity contribution is 5.98. The highest BCUT2D eigenvalue weighted by atomic mass is 16.5. The van der Waals surface area contributed by atoms with Gasteiger partial charge in [0.25, 0.3) is 0 Å². The molecule has 3 rings (SSSR count). The first kappa shape index (κ1) is 20.7. The summed E-state index contributed by atoms with van der Waals surface area (Å²) in [5, 5.41) is 7.22. The summed E-state index contributed by atoms with van der Waals surface area (Å²) in [7, 11) is 1.87. The van der Waals surface area contributed by atoms with E-state index in [9.17, 15) is 0 Å². The molecule has 0 saturated heterocycles. The van der Waals surface area contributed by atoms with Crippen molar-refractivity contribution in [3.05, 3.63) is 89.5 Å². The molecule has 0 bridgehead atoms. The number of hydrogen-bond donors (Lipinski definition) is 1. The van der Waals surface area contributed by atoms with E-state index >= 15 is 0 Å². The lowest BCUT2D eigenvalue weighted by molar-refractivity contribution is 0.286. The Bertz CT molecular complexity index is 892. The van der Waals surface area contributed by atoms with Crippen molar-refractivity contribution >= 4 is 17.5 Å². The van der Waals surface area contributed by atoms with E-state index in [1.165, 1.54) is 34.2 Å². The molecule has 0 amide bonds. The number of likely N-dealkylation sites (N-methyl/N-ethyl adjacent to an activating group) is 1. The van der Waals surface area contributed by atoms with Crippen LogP contribution in [-0.4, -0.2) is 31.4 Å². The van der Waals surface area contributed by atoms with Crippen LogP contribution < -0.4 is 4.74 Å². The van der Waals surface area contributed by atoms with E-state index in [1.54, 1.807) is 4.90 Å². The van der Waals surface area contributed by atoms with Crippen LogP contribution in [0.1, 0.15) is 37.3 Å². The largest absolute Gasteiger partial charge is 0.492 e. The first-order chi connectivity index (χ1) is 14.2. The molecule has 29 heavy (non-hydrogen) atoms. The predicted octanol–water partition coefficient (Wildman–Crippen LogP) is 6.20. The maximum absolute atomic E-state index is 7.22. The lowest BCUT2D eigenvalue weighted by Crippen LogP contribution is -2.22. The summed E-state index contributed by atoms with van der Waals surface area (Å²) in [6.45, 7) is 3.50. The van der Waals surface area contributed by atoms with Crippen molar-refractivity contribution in [2.75, 3.05) is 20.2 Å². The Morgan fingerprint density at radius 3 is 2.45 bits per heavy atom. The molecule has 1 aliphatic carbocycles. The van der Waals surface area contributed by atoms with E-state index in [0.717, 1.165) is 25.0 Å². The van der Waals surface area contributed by atoms with E-state index < -0.39 is 0 Å². The standard InChI is InChI=1S/C26H30N2O/c1-3-25(21-10-6-4-7-11-21)26(22-12-8-5-9-13-22)23-14-16-24(17-15-23)29-19-18-28(2)20-27/h4-8,10-12,14-17,20,27H,3,9,13,18-19H2,1-2H3/b26-25-,27-20?. The minimum atomic E-state index is 0.564. The first-order valence-electron chi connectivity index (χ1n) is 10.3. The van der Waals surface area contributed by atoms with Gasteiger partial charge in [-0.2, -0.15) is 0 Å². The van der Waals surface area contributed by atoms with Gasteiger partial charge in [0.2, 0.25) is 0 Å². The molecule has 0 unspecified atom stereocenters. The van der Waals surface area contributed by atoms with Gasteiger partial charge in [0.05, 0.1) is 12.9 Å². The van der Waals surface area contributed by atoms with Crippen LogP contribution in [0.15, 0.2) is 78.4 Å². The zero-order valence-electron chi connectivity index (χ0n) is 17.4. The molecule has 2 aromatic rings. The highest BCUT2D eigenvalue weighted by Gasteiger charge is 2.15. The van der Waals surface area contributed by atoms with Gasteiger partial charge in [-0.15, -0.1) is 0 Å². The Morgan fingerprint density at radius 2 is 1.83 bits per heavy atom. The third kappa shape index (κ3) is 5.47. The summed E-state index contributed by atoms with van der Waals surface area (Å²) in [6.07, 6.45) is 11.1. The molecule has 3 heteroatoms. The molecule has 1 N–H and O–H groups in total. The van der Waals surface area contributed by atoms with E-state index in [1.807, 2.05) is 7.05 Å². The summed E-state index contributed by atoms with van der Waals surface area (Å²) < 4.78 is 5.84. The number of allylic oxidation sites excluding steroid dienone is 6. The molecule has 0 saturated carbocycles. The van der Waals surface area contributed by atoms with Crippen LogP contribution in [0.2, 0.25) is 0 Å². The van der Waals surface area contributed by atoms with Gasteiger partial charge >= 0.3 is 0 Å². The van der Waals surface area contributed by atoms with Crippen LogP contribution in [0, 0.1) is 5.41 Å². The van der Waals surface area contributed by atoms with Crippen molar-refractivity contribution in [2.45, 2.75) is 26.2 Å². The Balaban J connectivity index is 1.93. The third-order valence-corrected chi connectivity index (χ3v) is 5.19. The maximum atomic E-state index is 7.22. The zero-order chi connectivity index (χ0) is 20.5. The van der Waals surface area contributed by atoms with E-state index in [0.29, 0.717) is 13.2 Å². The fraction of sp³-hybridized carbons (Fsp3) is 0.269. The second-order valence-electron chi connectivity index (χ2n) is 7.21. The zero-order valence-corrected chi connectivity index (χ0v) is 17.4. The van der Waals surface area contributed by atoms with E-state index in [4.69, 9.17) is 10.1 Å². The maximum Gasteiger partial charge on any atom is 0.119 e. The van der Waals surface area contributed by atoms with Crippen molar-refractivity contribution < 1.29 is 4.74 Å². The monoisotopic (exact) mass is 386 g/mol. The van der Waals surface area contributed by atoms with Gasteiger partial charge in [0, 0.05) is 7.05 Å². The average Bonchev–Trinajstić information content (AvgIpc) is 2.79. The summed E-state index contributed by atoms with van der Waals surface area (Å²) >= 11 is 0. The summed E-state index contributed by atoms with van der Waals surface area (Å²) in [5.41, 5.74) is 6.65. The first-order valence-corrected chi connectivity index (χ1v) is 10.3. The van der Waals surface area contributed by atoms with Crippen molar-refractivity contribution in [2.24, 2.45) is 0 Å². The molecule has 0 radical (unpaired) electrons. The number of nitrogens with zero attached hydrogens (tertiary/aromatic N) is 1. The second-order valence-corrected chi connectivity index (χ2v) is 7.21. The van der Waals surface area contributed by atoms with Crippen LogP contribution in [0.5, 0.6) is 5.75 Å². The molecule has 1 aliphatic rings. The molecule has 0 spiro atoms. The molecular formula is C26H30N2O. The van der Waals surface area contributed by atoms with Gasteiger partial charge in [0.1, 0.15) is 12.4 Å². The van der Waals surface area contributed by atoms with Gasteiger partial charge in [-0.3, -0.25) is 5.41 Å². The molecule has 0 aliphatic heterocycles. The molecule has 0 atom stereocenters. The Labute approximate surface area is 174 Å². The van der Waals surface area contributed by atoms with Gasteiger partial charge in [-0.05, 0) is 59.2 Å². The molecule has 2 aromatic carbocycles. The molecule has 3 nitrogen and oxygen atoms in total. The fourth-order valence-electron chi connectivity index (χ4n) is 3.62. The fourth-order valence-corrected chi connectivity index (χ4v) is 3.62. The van der Waals surface area contributed by atoms with Crippen LogP contribution in [0.25, 0.3) is 11.1 Å². The molecule has 0 heterocycles. The lowest BCUT2D eigenvalue weighted by atomic mass is 9.85. The van der Waals surface area contributed by atoms with Crippen LogP contribution >= 0.6 is 0 Å². The Hall–Kier alpha value is -3.07. The molecular weight excluding hydrogens is 356 g/mol. The van der Waals surface area contributed by atoms with Crippen LogP contribution in [0.4, 0.5) is 0 Å². The van der Waals surface area contributed by atoms with Crippen molar-refractivity contribution in [1.29, 1.82) is 5.41 Å². The number of rotatable bonds is 9. The molecule has 0 fully saturated rings. The minimum absolute atomic E-state index is 0.564. The second kappa shape index (κ2) is 10.5. The number of hydrogen-bond acceptors (Lipinski definition) is 2. The van der Waals surface area contributed by atoms with Gasteiger partial charge < -0.3 is 9.64 Å². The molecule has 0 aromatic heterocycles. The third-order valence-electron chi connectivity index (χ3n) is 5.19. The highest BCUT2D eigenvalue weighted by Crippen LogP contribution is 2.37. The van der Waals surface area contributed by atoms with Crippen molar-refractivity contribution in [3.63, 3.8) is 0 Å². The van der Waals surface area contributed by atoms with Gasteiger partial charge in [-0.25, -0.2) is 0 Å². The molecule has 150 valence electrons. The lowest BCUT2D eigenvalue weighted by Gasteiger charge is -2.20. The average molecular weight is 387 g/mol. The predicted molar refractivity (Wildman–Crippen MR) is 123 cm³/mol. The van der Waals surface area contributed by atoms with Crippen molar-refractivity contribution in [3.8, 4) is 5.75 Å². The smallest absolute Gasteiger partial charge is 0.119 e. The number of ether oxygens (including phenoxy) is 1. The van der Waals surface area contributed by atoms with E-state index in [-0.39, 0.29) is 0 Å². The van der Waals surface area contributed by atoms with Crippen LogP contribution in [-0.2, 0) is 0 Å². The topological polar surface area (TPSA) is 36.3 Å². The Kier molecular flexibility index (Phi) is 7.46. The Morgan fingerprint density at radius 1 is 1.07 bits per heavy atom. The summed E-state index contributed by atoms with van der Waals surface area (Å²) in [6, 6.07) is 19.1. The van der Waals surface area contributed by atoms with E-state index in [2.05, 4.69) is 79.7 Å². The number of benzene rings is 2. The van der Waals surface area contributed by atoms with Crippen LogP contribution in [0.3, 0.4) is 0 Å². The van der Waals surface area contributed by atoms with Gasteiger partial charge in [0.15, 0.2) is 0 Å².